The summed E-state index contributed by atoms with van der Waals surface area (Å²) in [5, 5.41) is 1.16. The molecule has 0 radical (unpaired) electrons. The van der Waals surface area contributed by atoms with Gasteiger partial charge in [-0.1, -0.05) is 60.1 Å². The highest BCUT2D eigenvalue weighted by atomic mass is 35.5. The number of hydrogen-bond donors (Lipinski definition) is 0. The van der Waals surface area contributed by atoms with Crippen molar-refractivity contribution in [3.63, 3.8) is 0 Å². The molecule has 3 aromatic carbocycles. The molecular weight excluding hydrogens is 444 g/mol. The van der Waals surface area contributed by atoms with E-state index in [1.54, 1.807) is 52.1 Å². The highest BCUT2D eigenvalue weighted by molar-refractivity contribution is 7.90. The summed E-state index contributed by atoms with van der Waals surface area (Å²) in [5.74, 6) is -0.252. The molecule has 164 valence electrons. The molecule has 7 heteroatoms. The van der Waals surface area contributed by atoms with E-state index < -0.39 is 9.84 Å². The minimum atomic E-state index is -3.63. The van der Waals surface area contributed by atoms with E-state index >= 15 is 0 Å². The molecule has 4 rings (SSSR count). The lowest BCUT2D eigenvalue weighted by Gasteiger charge is -2.21. The summed E-state index contributed by atoms with van der Waals surface area (Å²) in [6.07, 6.45) is 1.58. The predicted molar refractivity (Wildman–Crippen MR) is 129 cm³/mol. The smallest absolute Gasteiger partial charge is 0.246 e. The van der Waals surface area contributed by atoms with Gasteiger partial charge >= 0.3 is 0 Å². The molecule has 0 aliphatic carbocycles. The highest BCUT2D eigenvalue weighted by Gasteiger charge is 2.23. The molecule has 0 aliphatic heterocycles. The summed E-state index contributed by atoms with van der Waals surface area (Å²) in [6, 6.07) is 23.5. The number of amides is 1. The molecule has 0 aliphatic rings. The van der Waals surface area contributed by atoms with Gasteiger partial charge in [-0.05, 0) is 42.8 Å². The van der Waals surface area contributed by atoms with E-state index in [-0.39, 0.29) is 23.1 Å². The van der Waals surface area contributed by atoms with E-state index in [9.17, 15) is 13.2 Å². The van der Waals surface area contributed by atoms with Gasteiger partial charge in [-0.2, -0.15) is 0 Å². The summed E-state index contributed by atoms with van der Waals surface area (Å²) in [7, 11) is -3.63. The number of likely N-dealkylation sites (N-methyl/N-ethyl adjacent to an activating group) is 1. The third-order valence-corrected chi connectivity index (χ3v) is 7.31. The number of anilines is 1. The second-order valence-corrected chi connectivity index (χ2v) is 9.89. The molecule has 5 nitrogen and oxygen atoms in total. The maximum Gasteiger partial charge on any atom is 0.246 e. The van der Waals surface area contributed by atoms with Gasteiger partial charge in [0.1, 0.15) is 6.54 Å². The lowest BCUT2D eigenvalue weighted by atomic mass is 10.2. The fraction of sp³-hybridized carbons (Fsp3) is 0.160. The van der Waals surface area contributed by atoms with Crippen LogP contribution in [0.1, 0.15) is 12.5 Å². The normalized spacial score (nSPS) is 11.6. The number of carbonyl (C=O) groups excluding carboxylic acids is 1. The van der Waals surface area contributed by atoms with Crippen LogP contribution in [0, 0.1) is 0 Å². The van der Waals surface area contributed by atoms with Crippen molar-refractivity contribution in [3.05, 3.63) is 95.6 Å². The molecule has 0 N–H and O–H groups in total. The van der Waals surface area contributed by atoms with Crippen LogP contribution in [0.5, 0.6) is 0 Å². The maximum atomic E-state index is 13.3. The summed E-state index contributed by atoms with van der Waals surface area (Å²) < 4.78 is 28.3. The van der Waals surface area contributed by atoms with Gasteiger partial charge in [-0.15, -0.1) is 0 Å². The number of hydrogen-bond acceptors (Lipinski definition) is 3. The molecule has 0 bridgehead atoms. The molecule has 1 aromatic heterocycles. The first kappa shape index (κ1) is 22.1. The number of benzene rings is 3. The van der Waals surface area contributed by atoms with Crippen molar-refractivity contribution in [1.82, 2.24) is 4.57 Å². The third-order valence-electron chi connectivity index (χ3n) is 5.35. The van der Waals surface area contributed by atoms with Gasteiger partial charge in [-0.3, -0.25) is 4.79 Å². The van der Waals surface area contributed by atoms with Crippen LogP contribution in [-0.4, -0.2) is 25.4 Å². The number of rotatable bonds is 7. The zero-order valence-electron chi connectivity index (χ0n) is 17.6. The minimum Gasteiger partial charge on any atom is -0.337 e. The van der Waals surface area contributed by atoms with Crippen LogP contribution in [0.15, 0.2) is 90.0 Å². The Balaban J connectivity index is 1.68. The van der Waals surface area contributed by atoms with Crippen molar-refractivity contribution < 1.29 is 13.2 Å². The average Bonchev–Trinajstić information content (AvgIpc) is 3.16. The van der Waals surface area contributed by atoms with E-state index in [2.05, 4.69) is 0 Å². The molecule has 1 heterocycles. The molecule has 1 amide bonds. The average molecular weight is 467 g/mol. The van der Waals surface area contributed by atoms with E-state index in [0.717, 1.165) is 5.69 Å². The minimum absolute atomic E-state index is 0.0414. The predicted octanol–water partition coefficient (Wildman–Crippen LogP) is 5.32. The van der Waals surface area contributed by atoms with Crippen molar-refractivity contribution in [1.29, 1.82) is 0 Å². The van der Waals surface area contributed by atoms with Crippen LogP contribution in [0.2, 0.25) is 5.02 Å². The number of nitrogens with zero attached hydrogens (tertiary/aromatic N) is 2. The molecule has 0 saturated carbocycles. The molecule has 0 spiro atoms. The Kier molecular flexibility index (Phi) is 6.35. The van der Waals surface area contributed by atoms with Crippen LogP contribution >= 0.6 is 11.6 Å². The molecular formula is C25H23ClN2O3S. The SMILES string of the molecule is CCN(C(=O)Cn1cc(S(=O)(=O)Cc2ccc(Cl)cc2)c2ccccc21)c1ccccc1. The number of aromatic nitrogens is 1. The van der Waals surface area contributed by atoms with Gasteiger partial charge < -0.3 is 9.47 Å². The summed E-state index contributed by atoms with van der Waals surface area (Å²) in [4.78, 5) is 15.0. The standard InChI is InChI=1S/C25H23ClN2O3S/c1-2-28(21-8-4-3-5-9-21)25(29)17-27-16-24(22-10-6-7-11-23(22)27)32(30,31)18-19-12-14-20(26)15-13-19/h3-16H,2,17-18H2,1H3. The summed E-state index contributed by atoms with van der Waals surface area (Å²) in [5.41, 5.74) is 2.18. The zero-order valence-corrected chi connectivity index (χ0v) is 19.2. The van der Waals surface area contributed by atoms with Crippen molar-refractivity contribution in [2.24, 2.45) is 0 Å². The number of fused-ring (bicyclic) bond motifs is 1. The van der Waals surface area contributed by atoms with E-state index in [1.807, 2.05) is 49.4 Å². The van der Waals surface area contributed by atoms with Crippen LogP contribution in [0.3, 0.4) is 0 Å². The summed E-state index contributed by atoms with van der Waals surface area (Å²) in [6.45, 7) is 2.48. The van der Waals surface area contributed by atoms with Crippen LogP contribution in [-0.2, 0) is 26.9 Å². The second kappa shape index (κ2) is 9.18. The number of para-hydroxylation sites is 2. The Morgan fingerprint density at radius 1 is 0.938 bits per heavy atom. The molecule has 4 aromatic rings. The van der Waals surface area contributed by atoms with Gasteiger partial charge in [0.15, 0.2) is 9.84 Å². The zero-order chi connectivity index (χ0) is 22.7. The lowest BCUT2D eigenvalue weighted by molar-refractivity contribution is -0.119. The molecule has 0 unspecified atom stereocenters. The Labute approximate surface area is 192 Å². The third kappa shape index (κ3) is 4.56. The summed E-state index contributed by atoms with van der Waals surface area (Å²) >= 11 is 5.92. The monoisotopic (exact) mass is 466 g/mol. The second-order valence-electron chi connectivity index (χ2n) is 7.50. The Morgan fingerprint density at radius 2 is 1.59 bits per heavy atom. The van der Waals surface area contributed by atoms with Gasteiger partial charge in [0.25, 0.3) is 0 Å². The number of carbonyl (C=O) groups is 1. The topological polar surface area (TPSA) is 59.4 Å². The first-order valence-electron chi connectivity index (χ1n) is 10.3. The Bertz CT molecular complexity index is 1350. The van der Waals surface area contributed by atoms with E-state index in [1.165, 1.54) is 0 Å². The Morgan fingerprint density at radius 3 is 2.28 bits per heavy atom. The first-order chi connectivity index (χ1) is 15.4. The van der Waals surface area contributed by atoms with Gasteiger partial charge in [0.05, 0.1) is 10.6 Å². The quantitative estimate of drug-likeness (QED) is 0.370. The first-order valence-corrected chi connectivity index (χ1v) is 12.3. The fourth-order valence-corrected chi connectivity index (χ4v) is 5.52. The fourth-order valence-electron chi connectivity index (χ4n) is 3.81. The molecule has 32 heavy (non-hydrogen) atoms. The van der Waals surface area contributed by atoms with Gasteiger partial charge in [0, 0.05) is 34.4 Å². The Hall–Kier alpha value is -3.09. The van der Waals surface area contributed by atoms with Crippen molar-refractivity contribution in [2.75, 3.05) is 11.4 Å². The highest BCUT2D eigenvalue weighted by Crippen LogP contribution is 2.29. The van der Waals surface area contributed by atoms with Crippen molar-refractivity contribution in [2.45, 2.75) is 24.1 Å². The molecule has 0 saturated heterocycles. The van der Waals surface area contributed by atoms with Gasteiger partial charge in [0.2, 0.25) is 5.91 Å². The van der Waals surface area contributed by atoms with Crippen LogP contribution < -0.4 is 4.90 Å². The van der Waals surface area contributed by atoms with Crippen LogP contribution in [0.25, 0.3) is 10.9 Å². The largest absolute Gasteiger partial charge is 0.337 e. The maximum absolute atomic E-state index is 13.3. The molecule has 0 fully saturated rings. The number of halogens is 1. The number of sulfone groups is 1. The van der Waals surface area contributed by atoms with Gasteiger partial charge in [-0.25, -0.2) is 8.42 Å². The van der Waals surface area contributed by atoms with E-state index in [4.69, 9.17) is 11.6 Å². The lowest BCUT2D eigenvalue weighted by Crippen LogP contribution is -2.33. The molecule has 0 atom stereocenters. The van der Waals surface area contributed by atoms with Crippen molar-refractivity contribution >= 4 is 43.9 Å². The van der Waals surface area contributed by atoms with Crippen LogP contribution in [0.4, 0.5) is 5.69 Å². The van der Waals surface area contributed by atoms with E-state index in [0.29, 0.717) is 28.0 Å². The van der Waals surface area contributed by atoms with Crippen molar-refractivity contribution in [3.8, 4) is 0 Å².